The lowest BCUT2D eigenvalue weighted by Crippen LogP contribution is -2.48. The van der Waals surface area contributed by atoms with E-state index in [1.807, 2.05) is 42.8 Å². The van der Waals surface area contributed by atoms with Gasteiger partial charge in [0.25, 0.3) is 0 Å². The summed E-state index contributed by atoms with van der Waals surface area (Å²) in [6.45, 7) is 6.23. The van der Waals surface area contributed by atoms with Crippen molar-refractivity contribution in [3.63, 3.8) is 0 Å². The van der Waals surface area contributed by atoms with Gasteiger partial charge >= 0.3 is 0 Å². The molecule has 1 aliphatic rings. The summed E-state index contributed by atoms with van der Waals surface area (Å²) in [6.07, 6.45) is 1.84. The smallest absolute Gasteiger partial charge is 0.185 e. The van der Waals surface area contributed by atoms with Crippen molar-refractivity contribution in [1.29, 1.82) is 0 Å². The lowest BCUT2D eigenvalue weighted by molar-refractivity contribution is 0.0926. The molecule has 110 valence electrons. The molecule has 4 nitrogen and oxygen atoms in total. The molecule has 0 saturated carbocycles. The maximum absolute atomic E-state index is 12.3. The molecule has 1 aromatic carbocycles. The van der Waals surface area contributed by atoms with Crippen LogP contribution < -0.4 is 4.90 Å². The number of hydrogen-bond acceptors (Lipinski definition) is 5. The average molecular weight is 301 g/mol. The fourth-order valence-corrected chi connectivity index (χ4v) is 3.28. The standard InChI is InChI=1S/C16H19N3OS/c1-13-3-2-4-14(11-13)15(20)12-18-6-8-19(9-7-18)16-17-5-10-21-16/h2-5,10-11H,6-9,12H2,1H3. The summed E-state index contributed by atoms with van der Waals surface area (Å²) in [5.41, 5.74) is 1.95. The lowest BCUT2D eigenvalue weighted by Gasteiger charge is -2.34. The normalized spacial score (nSPS) is 16.1. The van der Waals surface area contributed by atoms with Crippen LogP contribution in [0.15, 0.2) is 35.8 Å². The number of benzene rings is 1. The fourth-order valence-electron chi connectivity index (χ4n) is 2.58. The third-order valence-corrected chi connectivity index (χ3v) is 4.60. The van der Waals surface area contributed by atoms with E-state index in [1.54, 1.807) is 11.3 Å². The Balaban J connectivity index is 1.54. The molecule has 0 N–H and O–H groups in total. The summed E-state index contributed by atoms with van der Waals surface area (Å²) < 4.78 is 0. The lowest BCUT2D eigenvalue weighted by atomic mass is 10.1. The van der Waals surface area contributed by atoms with Gasteiger partial charge in [-0.1, -0.05) is 23.8 Å². The van der Waals surface area contributed by atoms with Gasteiger partial charge in [0.05, 0.1) is 6.54 Å². The van der Waals surface area contributed by atoms with Crippen molar-refractivity contribution in [2.24, 2.45) is 0 Å². The molecule has 0 unspecified atom stereocenters. The Morgan fingerprint density at radius 2 is 2.10 bits per heavy atom. The van der Waals surface area contributed by atoms with Gasteiger partial charge in [0.1, 0.15) is 0 Å². The first kappa shape index (κ1) is 14.2. The van der Waals surface area contributed by atoms with Gasteiger partial charge in [0, 0.05) is 43.3 Å². The molecule has 2 aromatic rings. The van der Waals surface area contributed by atoms with Crippen molar-refractivity contribution in [3.8, 4) is 0 Å². The molecule has 21 heavy (non-hydrogen) atoms. The molecule has 0 radical (unpaired) electrons. The maximum Gasteiger partial charge on any atom is 0.185 e. The van der Waals surface area contributed by atoms with Crippen molar-refractivity contribution in [2.45, 2.75) is 6.92 Å². The first-order valence-electron chi connectivity index (χ1n) is 7.19. The van der Waals surface area contributed by atoms with Gasteiger partial charge in [0.2, 0.25) is 0 Å². The quantitative estimate of drug-likeness (QED) is 0.813. The van der Waals surface area contributed by atoms with Crippen molar-refractivity contribution < 1.29 is 4.79 Å². The monoisotopic (exact) mass is 301 g/mol. The molecule has 3 rings (SSSR count). The van der Waals surface area contributed by atoms with Gasteiger partial charge in [-0.2, -0.15) is 0 Å². The zero-order chi connectivity index (χ0) is 14.7. The minimum absolute atomic E-state index is 0.210. The number of rotatable bonds is 4. The molecule has 2 heterocycles. The highest BCUT2D eigenvalue weighted by atomic mass is 32.1. The molecule has 1 fully saturated rings. The molecular formula is C16H19N3OS. The van der Waals surface area contributed by atoms with Crippen LogP contribution in [-0.4, -0.2) is 48.4 Å². The minimum atomic E-state index is 0.210. The second kappa shape index (κ2) is 6.37. The van der Waals surface area contributed by atoms with Gasteiger partial charge in [0.15, 0.2) is 10.9 Å². The van der Waals surface area contributed by atoms with E-state index in [0.717, 1.165) is 42.4 Å². The number of carbonyl (C=O) groups excluding carboxylic acids is 1. The number of carbonyl (C=O) groups is 1. The number of anilines is 1. The SMILES string of the molecule is Cc1cccc(C(=O)CN2CCN(c3nccs3)CC2)c1. The van der Waals surface area contributed by atoms with Gasteiger partial charge in [-0.3, -0.25) is 9.69 Å². The molecule has 0 amide bonds. The number of aryl methyl sites for hydroxylation is 1. The molecule has 0 aliphatic carbocycles. The van der Waals surface area contributed by atoms with E-state index >= 15 is 0 Å². The molecule has 0 atom stereocenters. The van der Waals surface area contributed by atoms with Crippen LogP contribution in [0.5, 0.6) is 0 Å². The molecule has 0 bridgehead atoms. The molecule has 1 aromatic heterocycles. The first-order valence-corrected chi connectivity index (χ1v) is 8.07. The highest BCUT2D eigenvalue weighted by Gasteiger charge is 2.20. The summed E-state index contributed by atoms with van der Waals surface area (Å²) in [5, 5.41) is 3.09. The van der Waals surface area contributed by atoms with Crippen molar-refractivity contribution in [1.82, 2.24) is 9.88 Å². The maximum atomic E-state index is 12.3. The van der Waals surface area contributed by atoms with Gasteiger partial charge < -0.3 is 4.90 Å². The number of aromatic nitrogens is 1. The predicted octanol–water partition coefficient (Wildman–Crippen LogP) is 2.46. The van der Waals surface area contributed by atoms with Crippen molar-refractivity contribution >= 4 is 22.3 Å². The third-order valence-electron chi connectivity index (χ3n) is 3.77. The molecule has 1 aliphatic heterocycles. The van der Waals surface area contributed by atoms with E-state index in [1.165, 1.54) is 0 Å². The Kier molecular flexibility index (Phi) is 4.31. The van der Waals surface area contributed by atoms with E-state index in [9.17, 15) is 4.79 Å². The van der Waals surface area contributed by atoms with E-state index in [2.05, 4.69) is 14.8 Å². The van der Waals surface area contributed by atoms with E-state index in [4.69, 9.17) is 0 Å². The average Bonchev–Trinajstić information content (AvgIpc) is 3.02. The summed E-state index contributed by atoms with van der Waals surface area (Å²) >= 11 is 1.67. The van der Waals surface area contributed by atoms with Crippen LogP contribution in [0, 0.1) is 6.92 Å². The van der Waals surface area contributed by atoms with E-state index in [-0.39, 0.29) is 5.78 Å². The van der Waals surface area contributed by atoms with Gasteiger partial charge in [-0.25, -0.2) is 4.98 Å². The van der Waals surface area contributed by atoms with Crippen LogP contribution >= 0.6 is 11.3 Å². The third kappa shape index (κ3) is 3.49. The Hall–Kier alpha value is -1.72. The van der Waals surface area contributed by atoms with Crippen LogP contribution in [-0.2, 0) is 0 Å². The zero-order valence-corrected chi connectivity index (χ0v) is 13.0. The van der Waals surface area contributed by atoms with Crippen LogP contribution in [0.1, 0.15) is 15.9 Å². The molecule has 0 spiro atoms. The highest BCUT2D eigenvalue weighted by molar-refractivity contribution is 7.13. The minimum Gasteiger partial charge on any atom is -0.346 e. The van der Waals surface area contributed by atoms with E-state index < -0.39 is 0 Å². The Morgan fingerprint density at radius 3 is 2.76 bits per heavy atom. The fraction of sp³-hybridized carbons (Fsp3) is 0.375. The zero-order valence-electron chi connectivity index (χ0n) is 12.2. The summed E-state index contributed by atoms with van der Waals surface area (Å²) in [7, 11) is 0. The summed E-state index contributed by atoms with van der Waals surface area (Å²) in [6, 6.07) is 7.84. The molecule has 1 saturated heterocycles. The highest BCUT2D eigenvalue weighted by Crippen LogP contribution is 2.19. The van der Waals surface area contributed by atoms with Gasteiger partial charge in [-0.05, 0) is 13.0 Å². The Morgan fingerprint density at radius 1 is 1.29 bits per heavy atom. The van der Waals surface area contributed by atoms with Crippen LogP contribution in [0.25, 0.3) is 0 Å². The Labute approximate surface area is 129 Å². The predicted molar refractivity (Wildman–Crippen MR) is 86.3 cm³/mol. The van der Waals surface area contributed by atoms with Crippen LogP contribution in [0.3, 0.4) is 0 Å². The molecular weight excluding hydrogens is 282 g/mol. The number of piperazine rings is 1. The van der Waals surface area contributed by atoms with Crippen molar-refractivity contribution in [3.05, 3.63) is 47.0 Å². The second-order valence-electron chi connectivity index (χ2n) is 5.37. The number of nitrogens with zero attached hydrogens (tertiary/aromatic N) is 3. The molecule has 5 heteroatoms. The van der Waals surface area contributed by atoms with Crippen LogP contribution in [0.2, 0.25) is 0 Å². The van der Waals surface area contributed by atoms with Crippen molar-refractivity contribution in [2.75, 3.05) is 37.6 Å². The number of ketones is 1. The van der Waals surface area contributed by atoms with Crippen LogP contribution in [0.4, 0.5) is 5.13 Å². The topological polar surface area (TPSA) is 36.4 Å². The first-order chi connectivity index (χ1) is 10.2. The van der Waals surface area contributed by atoms with Gasteiger partial charge in [-0.15, -0.1) is 11.3 Å². The largest absolute Gasteiger partial charge is 0.346 e. The Bertz CT molecular complexity index is 604. The van der Waals surface area contributed by atoms with E-state index in [0.29, 0.717) is 6.54 Å². The number of Topliss-reactive ketones (excluding diaryl/α,β-unsaturated/α-hetero) is 1. The number of thiazole rings is 1. The second-order valence-corrected chi connectivity index (χ2v) is 6.24. The number of hydrogen-bond donors (Lipinski definition) is 0. The summed E-state index contributed by atoms with van der Waals surface area (Å²) in [4.78, 5) is 21.2. The summed E-state index contributed by atoms with van der Waals surface area (Å²) in [5.74, 6) is 0.210.